The van der Waals surface area contributed by atoms with Crippen molar-refractivity contribution in [1.29, 1.82) is 0 Å². The van der Waals surface area contributed by atoms with E-state index in [0.29, 0.717) is 16.3 Å². The van der Waals surface area contributed by atoms with Gasteiger partial charge in [-0.05, 0) is 42.0 Å². The van der Waals surface area contributed by atoms with E-state index in [9.17, 15) is 24.5 Å². The Balaban J connectivity index is 1.54. The molecule has 1 aromatic heterocycles. The average Bonchev–Trinajstić information content (AvgIpc) is 2.78. The topological polar surface area (TPSA) is 132 Å². The molecule has 0 aliphatic carbocycles. The van der Waals surface area contributed by atoms with Crippen LogP contribution >= 0.6 is 11.6 Å². The number of urea groups is 1. The Hall–Kier alpha value is -4.57. The van der Waals surface area contributed by atoms with E-state index in [1.54, 1.807) is 36.4 Å². The molecule has 2 aromatic carbocycles. The molecule has 0 atom stereocenters. The highest BCUT2D eigenvalue weighted by Gasteiger charge is 2.36. The Morgan fingerprint density at radius 3 is 2.45 bits per heavy atom. The van der Waals surface area contributed by atoms with Gasteiger partial charge < -0.3 is 4.74 Å². The van der Waals surface area contributed by atoms with E-state index in [1.165, 1.54) is 30.3 Å². The number of hydrogen-bond donors (Lipinski definition) is 1. The molecule has 1 fully saturated rings. The summed E-state index contributed by atoms with van der Waals surface area (Å²) in [4.78, 5) is 52.3. The summed E-state index contributed by atoms with van der Waals surface area (Å²) in [6.45, 7) is 0. The van der Waals surface area contributed by atoms with Crippen LogP contribution in [0.15, 0.2) is 72.4 Å². The Bertz CT molecular complexity index is 1310. The van der Waals surface area contributed by atoms with Crippen LogP contribution in [-0.2, 0) is 9.59 Å². The van der Waals surface area contributed by atoms with Crippen LogP contribution in [0.25, 0.3) is 6.08 Å². The molecule has 0 saturated carbocycles. The number of nitrogens with zero attached hydrogens (tertiary/aromatic N) is 3. The zero-order valence-electron chi connectivity index (χ0n) is 16.6. The highest BCUT2D eigenvalue weighted by Crippen LogP contribution is 2.26. The number of carbonyl (C=O) groups excluding carboxylic acids is 3. The second kappa shape index (κ2) is 8.89. The number of nitro groups is 1. The Morgan fingerprint density at radius 2 is 1.82 bits per heavy atom. The second-order valence-corrected chi connectivity index (χ2v) is 7.16. The smallest absolute Gasteiger partial charge is 0.335 e. The van der Waals surface area contributed by atoms with E-state index in [1.807, 2.05) is 0 Å². The average molecular weight is 465 g/mol. The maximum absolute atomic E-state index is 12.9. The first kappa shape index (κ1) is 21.7. The molecule has 11 heteroatoms. The van der Waals surface area contributed by atoms with Crippen molar-refractivity contribution in [2.45, 2.75) is 0 Å². The predicted octanol–water partition coefficient (Wildman–Crippen LogP) is 4.10. The fourth-order valence-electron chi connectivity index (χ4n) is 2.97. The number of rotatable bonds is 5. The number of anilines is 1. The van der Waals surface area contributed by atoms with Crippen LogP contribution in [0.5, 0.6) is 11.6 Å². The molecular formula is C22H13ClN4O6. The summed E-state index contributed by atoms with van der Waals surface area (Å²) < 4.78 is 5.53. The standard InChI is InChI=1S/C22H13ClN4O6/c23-14-2-1-3-15(11-14)26-21(29)18(20(28)25-22(26)30)10-13-4-7-17(8-5-13)33-19-9-6-16(12-24-19)27(31)32/h1-12H,(H,25,28,30). The van der Waals surface area contributed by atoms with Crippen LogP contribution < -0.4 is 15.0 Å². The molecule has 33 heavy (non-hydrogen) atoms. The van der Waals surface area contributed by atoms with Gasteiger partial charge >= 0.3 is 6.03 Å². The van der Waals surface area contributed by atoms with Gasteiger partial charge in [0.25, 0.3) is 17.5 Å². The molecule has 164 valence electrons. The molecule has 1 saturated heterocycles. The molecular weight excluding hydrogens is 452 g/mol. The number of carbonyl (C=O) groups is 3. The SMILES string of the molecule is O=C1NC(=O)N(c2cccc(Cl)c2)C(=O)C1=Cc1ccc(Oc2ccc([N+](=O)[O-])cn2)cc1. The number of barbiturate groups is 1. The fourth-order valence-corrected chi connectivity index (χ4v) is 3.15. The maximum atomic E-state index is 12.9. The van der Waals surface area contributed by atoms with Gasteiger partial charge in [-0.15, -0.1) is 0 Å². The van der Waals surface area contributed by atoms with E-state index in [4.69, 9.17) is 16.3 Å². The minimum Gasteiger partial charge on any atom is -0.439 e. The maximum Gasteiger partial charge on any atom is 0.335 e. The molecule has 1 aliphatic heterocycles. The van der Waals surface area contributed by atoms with Gasteiger partial charge in [0.05, 0.1) is 10.6 Å². The number of nitrogens with one attached hydrogen (secondary N) is 1. The number of aromatic nitrogens is 1. The lowest BCUT2D eigenvalue weighted by Crippen LogP contribution is -2.54. The van der Waals surface area contributed by atoms with Crippen LogP contribution in [-0.4, -0.2) is 27.8 Å². The van der Waals surface area contributed by atoms with E-state index in [2.05, 4.69) is 10.3 Å². The van der Waals surface area contributed by atoms with Crippen LogP contribution in [0.2, 0.25) is 5.02 Å². The minimum absolute atomic E-state index is 0.157. The van der Waals surface area contributed by atoms with Crippen molar-refractivity contribution in [2.24, 2.45) is 0 Å². The van der Waals surface area contributed by atoms with Crippen molar-refractivity contribution in [1.82, 2.24) is 10.3 Å². The van der Waals surface area contributed by atoms with Crippen molar-refractivity contribution in [3.05, 3.63) is 93.1 Å². The summed E-state index contributed by atoms with van der Waals surface area (Å²) >= 11 is 5.95. The van der Waals surface area contributed by atoms with Gasteiger partial charge in [-0.1, -0.05) is 29.8 Å². The number of benzene rings is 2. The first-order chi connectivity index (χ1) is 15.8. The van der Waals surface area contributed by atoms with Crippen molar-refractivity contribution in [2.75, 3.05) is 4.90 Å². The lowest BCUT2D eigenvalue weighted by atomic mass is 10.1. The van der Waals surface area contributed by atoms with Gasteiger partial charge in [0, 0.05) is 17.2 Å². The Labute approximate surface area is 191 Å². The number of imide groups is 2. The first-order valence-corrected chi connectivity index (χ1v) is 9.75. The third-order valence-corrected chi connectivity index (χ3v) is 4.75. The van der Waals surface area contributed by atoms with Crippen molar-refractivity contribution in [3.8, 4) is 11.6 Å². The van der Waals surface area contributed by atoms with Gasteiger partial charge in [0.2, 0.25) is 5.88 Å². The van der Waals surface area contributed by atoms with Crippen molar-refractivity contribution >= 4 is 46.9 Å². The van der Waals surface area contributed by atoms with Gasteiger partial charge in [-0.3, -0.25) is 25.0 Å². The minimum atomic E-state index is -0.872. The molecule has 1 aliphatic rings. The molecule has 4 amide bonds. The highest BCUT2D eigenvalue weighted by molar-refractivity contribution is 6.39. The fraction of sp³-hybridized carbons (Fsp3) is 0. The van der Waals surface area contributed by atoms with Gasteiger partial charge in [-0.2, -0.15) is 0 Å². The zero-order valence-corrected chi connectivity index (χ0v) is 17.4. The molecule has 0 bridgehead atoms. The monoisotopic (exact) mass is 464 g/mol. The van der Waals surface area contributed by atoms with Crippen LogP contribution in [0.3, 0.4) is 0 Å². The molecule has 10 nitrogen and oxygen atoms in total. The molecule has 2 heterocycles. The van der Waals surface area contributed by atoms with E-state index in [0.717, 1.165) is 11.1 Å². The third kappa shape index (κ3) is 4.70. The van der Waals surface area contributed by atoms with Crippen LogP contribution in [0, 0.1) is 10.1 Å². The predicted molar refractivity (Wildman–Crippen MR) is 118 cm³/mol. The van der Waals surface area contributed by atoms with Crippen molar-refractivity contribution in [3.63, 3.8) is 0 Å². The summed E-state index contributed by atoms with van der Waals surface area (Å²) in [6, 6.07) is 14.2. The third-order valence-electron chi connectivity index (χ3n) is 4.51. The lowest BCUT2D eigenvalue weighted by molar-refractivity contribution is -0.385. The van der Waals surface area contributed by atoms with E-state index >= 15 is 0 Å². The van der Waals surface area contributed by atoms with Gasteiger partial charge in [0.1, 0.15) is 17.5 Å². The summed E-state index contributed by atoms with van der Waals surface area (Å²) in [7, 11) is 0. The molecule has 0 spiro atoms. The number of pyridine rings is 1. The molecule has 3 aromatic rings. The zero-order chi connectivity index (χ0) is 23.5. The Morgan fingerprint density at radius 1 is 1.06 bits per heavy atom. The number of hydrogen-bond acceptors (Lipinski definition) is 7. The number of halogens is 1. The largest absolute Gasteiger partial charge is 0.439 e. The summed E-state index contributed by atoms with van der Waals surface area (Å²) in [6.07, 6.45) is 2.42. The van der Waals surface area contributed by atoms with E-state index in [-0.39, 0.29) is 22.8 Å². The first-order valence-electron chi connectivity index (χ1n) is 9.37. The van der Waals surface area contributed by atoms with Crippen molar-refractivity contribution < 1.29 is 24.0 Å². The molecule has 4 rings (SSSR count). The highest BCUT2D eigenvalue weighted by atomic mass is 35.5. The molecule has 0 radical (unpaired) electrons. The lowest BCUT2D eigenvalue weighted by Gasteiger charge is -2.26. The summed E-state index contributed by atoms with van der Waals surface area (Å²) in [5.41, 5.74) is 0.325. The summed E-state index contributed by atoms with van der Waals surface area (Å²) in [5.74, 6) is -1.07. The van der Waals surface area contributed by atoms with Crippen LogP contribution in [0.1, 0.15) is 5.56 Å². The second-order valence-electron chi connectivity index (χ2n) is 6.72. The summed E-state index contributed by atoms with van der Waals surface area (Å²) in [5, 5.41) is 13.2. The number of amides is 4. The van der Waals surface area contributed by atoms with Gasteiger partial charge in [0.15, 0.2) is 0 Å². The number of ether oxygens (including phenoxy) is 1. The molecule has 1 N–H and O–H groups in total. The Kier molecular flexibility index (Phi) is 5.83. The molecule has 0 unspecified atom stereocenters. The normalized spacial score (nSPS) is 14.9. The van der Waals surface area contributed by atoms with Gasteiger partial charge in [-0.25, -0.2) is 14.7 Å². The quantitative estimate of drug-likeness (QED) is 0.260. The van der Waals surface area contributed by atoms with E-state index < -0.39 is 22.8 Å². The van der Waals surface area contributed by atoms with Crippen LogP contribution in [0.4, 0.5) is 16.2 Å².